The lowest BCUT2D eigenvalue weighted by molar-refractivity contribution is -0.119. The number of fused-ring (bicyclic) bond motifs is 1. The molecule has 9 heteroatoms. The van der Waals surface area contributed by atoms with E-state index in [-0.39, 0.29) is 11.4 Å². The Bertz CT molecular complexity index is 1370. The molecule has 0 spiro atoms. The van der Waals surface area contributed by atoms with Crippen LogP contribution in [0.4, 0.5) is 5.69 Å². The van der Waals surface area contributed by atoms with E-state index in [1.807, 2.05) is 32.0 Å². The number of carbonyl (C=O) groups excluding carboxylic acids is 1. The molecule has 0 aliphatic heterocycles. The fourth-order valence-electron chi connectivity index (χ4n) is 3.81. The first-order valence-electron chi connectivity index (χ1n) is 11.0. The number of amides is 1. The van der Waals surface area contributed by atoms with E-state index in [2.05, 4.69) is 15.6 Å². The molecule has 1 atom stereocenters. The molecule has 0 saturated carbocycles. The fraction of sp³-hybridized carbons (Fsp3) is 0.280. The molecular formula is C25H26N4O5. The average molecular weight is 463 g/mol. The van der Waals surface area contributed by atoms with Crippen molar-refractivity contribution in [2.45, 2.75) is 33.2 Å². The van der Waals surface area contributed by atoms with E-state index in [1.54, 1.807) is 44.4 Å². The van der Waals surface area contributed by atoms with E-state index >= 15 is 0 Å². The van der Waals surface area contributed by atoms with Gasteiger partial charge in [-0.15, -0.1) is 0 Å². The van der Waals surface area contributed by atoms with E-state index < -0.39 is 11.6 Å². The maximum Gasteiger partial charge on any atom is 0.297 e. The number of anilines is 1. The van der Waals surface area contributed by atoms with Crippen LogP contribution < -0.4 is 20.3 Å². The molecule has 1 amide bonds. The number of hydrogen-bond acceptors (Lipinski definition) is 7. The van der Waals surface area contributed by atoms with E-state index in [9.17, 15) is 9.59 Å². The molecular weight excluding hydrogens is 436 g/mol. The predicted molar refractivity (Wildman–Crippen MR) is 128 cm³/mol. The van der Waals surface area contributed by atoms with Crippen molar-refractivity contribution in [1.29, 1.82) is 0 Å². The van der Waals surface area contributed by atoms with Crippen molar-refractivity contribution in [2.24, 2.45) is 0 Å². The molecule has 0 radical (unpaired) electrons. The van der Waals surface area contributed by atoms with Gasteiger partial charge in [-0.05, 0) is 56.7 Å². The van der Waals surface area contributed by atoms with Crippen molar-refractivity contribution in [1.82, 2.24) is 14.9 Å². The van der Waals surface area contributed by atoms with E-state index in [0.29, 0.717) is 47.1 Å². The summed E-state index contributed by atoms with van der Waals surface area (Å²) < 4.78 is 17.4. The summed E-state index contributed by atoms with van der Waals surface area (Å²) in [6, 6.07) is 13.5. The summed E-state index contributed by atoms with van der Waals surface area (Å²) in [6.45, 7) is 5.87. The first kappa shape index (κ1) is 23.0. The number of hydrogen-bond donors (Lipinski definition) is 1. The number of para-hydroxylation sites is 2. The van der Waals surface area contributed by atoms with Crippen LogP contribution in [0.5, 0.6) is 11.5 Å². The lowest BCUT2D eigenvalue weighted by Crippen LogP contribution is -2.35. The third kappa shape index (κ3) is 4.24. The standard InChI is InChI=1S/C25H26N4O5/c1-5-19(24(30)26-18-9-7-8-10-20(18)33-6-2)29-25(31)23-21(15(3)34-28-23)22(27-29)16-11-13-17(32-4)14-12-16/h7-14,19H,5-6H2,1-4H3,(H,26,30)/t19-/m1/s1. The summed E-state index contributed by atoms with van der Waals surface area (Å²) in [5.41, 5.74) is 1.39. The second-order valence-electron chi connectivity index (χ2n) is 7.63. The smallest absolute Gasteiger partial charge is 0.297 e. The zero-order valence-corrected chi connectivity index (χ0v) is 19.5. The van der Waals surface area contributed by atoms with Crippen LogP contribution in [0.3, 0.4) is 0 Å². The molecule has 2 aromatic carbocycles. The molecule has 0 aliphatic rings. The highest BCUT2D eigenvalue weighted by atomic mass is 16.5. The molecule has 34 heavy (non-hydrogen) atoms. The molecule has 176 valence electrons. The third-order valence-corrected chi connectivity index (χ3v) is 5.51. The molecule has 2 heterocycles. The SMILES string of the molecule is CCOc1ccccc1NC(=O)[C@@H](CC)n1nc(-c2ccc(OC)cc2)c2c(C)onc2c1=O. The van der Waals surface area contributed by atoms with Crippen LogP contribution in [0.2, 0.25) is 0 Å². The van der Waals surface area contributed by atoms with Crippen LogP contribution in [0, 0.1) is 6.92 Å². The van der Waals surface area contributed by atoms with Crippen molar-refractivity contribution >= 4 is 22.5 Å². The molecule has 4 aromatic rings. The summed E-state index contributed by atoms with van der Waals surface area (Å²) in [5.74, 6) is 1.33. The minimum Gasteiger partial charge on any atom is -0.497 e. The van der Waals surface area contributed by atoms with Gasteiger partial charge in [0.25, 0.3) is 5.56 Å². The Labute approximate surface area is 196 Å². The molecule has 4 rings (SSSR count). The number of ether oxygens (including phenoxy) is 2. The van der Waals surface area contributed by atoms with Crippen molar-refractivity contribution in [3.05, 3.63) is 64.6 Å². The van der Waals surface area contributed by atoms with E-state index in [1.165, 1.54) is 4.68 Å². The van der Waals surface area contributed by atoms with E-state index in [0.717, 1.165) is 5.56 Å². The molecule has 1 N–H and O–H groups in total. The van der Waals surface area contributed by atoms with Crippen molar-refractivity contribution < 1.29 is 18.8 Å². The summed E-state index contributed by atoms with van der Waals surface area (Å²) in [6.07, 6.45) is 0.333. The van der Waals surface area contributed by atoms with Crippen LogP contribution in [0.1, 0.15) is 32.1 Å². The van der Waals surface area contributed by atoms with Gasteiger partial charge in [0.2, 0.25) is 5.91 Å². The van der Waals surface area contributed by atoms with Crippen LogP contribution >= 0.6 is 0 Å². The van der Waals surface area contributed by atoms with Crippen molar-refractivity contribution in [3.8, 4) is 22.8 Å². The second kappa shape index (κ2) is 9.78. The lowest BCUT2D eigenvalue weighted by Gasteiger charge is -2.19. The average Bonchev–Trinajstić information content (AvgIpc) is 3.24. The maximum absolute atomic E-state index is 13.3. The minimum atomic E-state index is -0.874. The van der Waals surface area contributed by atoms with Crippen LogP contribution in [0.25, 0.3) is 22.2 Å². The lowest BCUT2D eigenvalue weighted by atomic mass is 10.1. The summed E-state index contributed by atoms with van der Waals surface area (Å²) in [4.78, 5) is 26.6. The molecule has 0 saturated heterocycles. The Morgan fingerprint density at radius 2 is 1.88 bits per heavy atom. The largest absolute Gasteiger partial charge is 0.497 e. The summed E-state index contributed by atoms with van der Waals surface area (Å²) in [7, 11) is 1.59. The number of methoxy groups -OCH3 is 1. The Morgan fingerprint density at radius 1 is 1.15 bits per heavy atom. The van der Waals surface area contributed by atoms with Gasteiger partial charge in [-0.25, -0.2) is 4.68 Å². The third-order valence-electron chi connectivity index (χ3n) is 5.51. The fourth-order valence-corrected chi connectivity index (χ4v) is 3.81. The highest BCUT2D eigenvalue weighted by Crippen LogP contribution is 2.30. The zero-order chi connectivity index (χ0) is 24.2. The molecule has 0 bridgehead atoms. The molecule has 0 aliphatic carbocycles. The number of carbonyl (C=O) groups is 1. The molecule has 0 unspecified atom stereocenters. The predicted octanol–water partition coefficient (Wildman–Crippen LogP) is 4.36. The number of nitrogens with one attached hydrogen (secondary N) is 1. The first-order valence-corrected chi connectivity index (χ1v) is 11.0. The topological polar surface area (TPSA) is 108 Å². The highest BCUT2D eigenvalue weighted by molar-refractivity contribution is 5.96. The van der Waals surface area contributed by atoms with Gasteiger partial charge in [0.15, 0.2) is 5.52 Å². The van der Waals surface area contributed by atoms with Crippen molar-refractivity contribution in [2.75, 3.05) is 19.0 Å². The number of aryl methyl sites for hydroxylation is 1. The van der Waals surface area contributed by atoms with Gasteiger partial charge in [-0.2, -0.15) is 5.10 Å². The summed E-state index contributed by atoms with van der Waals surface area (Å²) >= 11 is 0. The Kier molecular flexibility index (Phi) is 6.62. The van der Waals surface area contributed by atoms with Gasteiger partial charge >= 0.3 is 0 Å². The number of rotatable bonds is 8. The van der Waals surface area contributed by atoms with E-state index in [4.69, 9.17) is 14.0 Å². The number of benzene rings is 2. The first-order chi connectivity index (χ1) is 16.5. The highest BCUT2D eigenvalue weighted by Gasteiger charge is 2.27. The van der Waals surface area contributed by atoms with Crippen LogP contribution in [-0.2, 0) is 4.79 Å². The molecule has 2 aromatic heterocycles. The zero-order valence-electron chi connectivity index (χ0n) is 19.5. The summed E-state index contributed by atoms with van der Waals surface area (Å²) in [5, 5.41) is 12.0. The number of aromatic nitrogens is 3. The Hall–Kier alpha value is -4.14. The molecule has 0 fully saturated rings. The Morgan fingerprint density at radius 3 is 2.56 bits per heavy atom. The monoisotopic (exact) mass is 462 g/mol. The molecule has 9 nitrogen and oxygen atoms in total. The quantitative estimate of drug-likeness (QED) is 0.414. The van der Waals surface area contributed by atoms with Gasteiger partial charge in [0, 0.05) is 5.56 Å². The van der Waals surface area contributed by atoms with Gasteiger partial charge < -0.3 is 19.3 Å². The normalized spacial score (nSPS) is 11.9. The van der Waals surface area contributed by atoms with Crippen LogP contribution in [-0.4, -0.2) is 34.6 Å². The van der Waals surface area contributed by atoms with Crippen LogP contribution in [0.15, 0.2) is 57.8 Å². The maximum atomic E-state index is 13.3. The van der Waals surface area contributed by atoms with Gasteiger partial charge in [-0.1, -0.05) is 24.2 Å². The van der Waals surface area contributed by atoms with Gasteiger partial charge in [0.05, 0.1) is 24.8 Å². The second-order valence-corrected chi connectivity index (χ2v) is 7.63. The number of nitrogens with zero attached hydrogens (tertiary/aromatic N) is 3. The minimum absolute atomic E-state index is 0.124. The Balaban J connectivity index is 1.80. The van der Waals surface area contributed by atoms with Gasteiger partial charge in [0.1, 0.15) is 29.0 Å². The van der Waals surface area contributed by atoms with Gasteiger partial charge in [-0.3, -0.25) is 9.59 Å². The van der Waals surface area contributed by atoms with Crippen molar-refractivity contribution in [3.63, 3.8) is 0 Å².